The van der Waals surface area contributed by atoms with Crippen LogP contribution < -0.4 is 0 Å². The van der Waals surface area contributed by atoms with Gasteiger partial charge in [-0.05, 0) is 6.07 Å². The molecule has 2 rings (SSSR count). The molecular weight excluding hydrogens is 250 g/mol. The van der Waals surface area contributed by atoms with Gasteiger partial charge in [-0.2, -0.15) is 0 Å². The van der Waals surface area contributed by atoms with Crippen molar-refractivity contribution in [1.82, 2.24) is 4.98 Å². The number of H-pyrrole nitrogens is 1. The van der Waals surface area contributed by atoms with Crippen molar-refractivity contribution < 1.29 is 23.6 Å². The molecular formula is C10H6F2N2O4. The second kappa shape index (κ2) is 4.06. The molecule has 6 nitrogen and oxygen atoms in total. The highest BCUT2D eigenvalue weighted by molar-refractivity contribution is 5.97. The number of nitrogens with zero attached hydrogens (tertiary/aromatic N) is 1. The number of carboxylic acid groups (broad SMARTS) is 1. The lowest BCUT2D eigenvalue weighted by Gasteiger charge is -1.97. The molecule has 0 saturated heterocycles. The number of hydrogen-bond donors (Lipinski definition) is 2. The summed E-state index contributed by atoms with van der Waals surface area (Å²) in [7, 11) is 0. The van der Waals surface area contributed by atoms with Crippen LogP contribution in [-0.2, 0) is 6.54 Å². The Morgan fingerprint density at radius 3 is 2.67 bits per heavy atom. The molecule has 2 aromatic rings. The van der Waals surface area contributed by atoms with Crippen LogP contribution in [0.15, 0.2) is 12.1 Å². The van der Waals surface area contributed by atoms with Gasteiger partial charge in [-0.1, -0.05) is 0 Å². The van der Waals surface area contributed by atoms with Crippen LogP contribution in [0.1, 0.15) is 16.1 Å². The topological polar surface area (TPSA) is 96.2 Å². The third-order valence-corrected chi connectivity index (χ3v) is 2.42. The zero-order valence-electron chi connectivity index (χ0n) is 8.74. The summed E-state index contributed by atoms with van der Waals surface area (Å²) in [5.74, 6) is -3.40. The van der Waals surface area contributed by atoms with Crippen LogP contribution in [0.5, 0.6) is 0 Å². The van der Waals surface area contributed by atoms with E-state index in [1.165, 1.54) is 0 Å². The number of hydrogen-bond acceptors (Lipinski definition) is 3. The Labute approximate surface area is 98.0 Å². The van der Waals surface area contributed by atoms with Gasteiger partial charge in [-0.3, -0.25) is 10.1 Å². The van der Waals surface area contributed by atoms with E-state index >= 15 is 0 Å². The molecule has 1 aromatic carbocycles. The maximum Gasteiger partial charge on any atom is 0.352 e. The van der Waals surface area contributed by atoms with E-state index in [1.807, 2.05) is 0 Å². The Balaban J connectivity index is 2.80. The zero-order valence-corrected chi connectivity index (χ0v) is 8.74. The van der Waals surface area contributed by atoms with Crippen molar-refractivity contribution in [3.63, 3.8) is 0 Å². The molecule has 0 aliphatic rings. The molecule has 0 amide bonds. The predicted octanol–water partition coefficient (Wildman–Crippen LogP) is 1.92. The number of halogens is 2. The molecule has 0 aliphatic carbocycles. The van der Waals surface area contributed by atoms with Crippen molar-refractivity contribution in [2.24, 2.45) is 0 Å². The van der Waals surface area contributed by atoms with Gasteiger partial charge >= 0.3 is 5.97 Å². The molecule has 2 N–H and O–H groups in total. The van der Waals surface area contributed by atoms with Crippen LogP contribution in [0.2, 0.25) is 0 Å². The van der Waals surface area contributed by atoms with E-state index in [0.29, 0.717) is 6.07 Å². The number of rotatable bonds is 3. The average Bonchev–Trinajstić information content (AvgIpc) is 2.55. The van der Waals surface area contributed by atoms with Gasteiger partial charge < -0.3 is 10.1 Å². The smallest absolute Gasteiger partial charge is 0.352 e. The number of nitrogens with one attached hydrogen (secondary N) is 1. The van der Waals surface area contributed by atoms with Gasteiger partial charge in [0.15, 0.2) is 0 Å². The number of aromatic amines is 1. The maximum atomic E-state index is 13.6. The number of aromatic carboxylic acids is 1. The van der Waals surface area contributed by atoms with Gasteiger partial charge in [-0.15, -0.1) is 0 Å². The monoisotopic (exact) mass is 256 g/mol. The fourth-order valence-corrected chi connectivity index (χ4v) is 1.78. The van der Waals surface area contributed by atoms with E-state index in [1.54, 1.807) is 0 Å². The molecule has 0 atom stereocenters. The summed E-state index contributed by atoms with van der Waals surface area (Å²) in [5, 5.41) is 19.1. The minimum atomic E-state index is -1.47. The molecule has 1 aromatic heterocycles. The molecule has 1 heterocycles. The number of fused-ring (bicyclic) bond motifs is 1. The fraction of sp³-hybridized carbons (Fsp3) is 0.100. The predicted molar refractivity (Wildman–Crippen MR) is 55.9 cm³/mol. The quantitative estimate of drug-likeness (QED) is 0.647. The summed E-state index contributed by atoms with van der Waals surface area (Å²) < 4.78 is 26.5. The van der Waals surface area contributed by atoms with Gasteiger partial charge in [0, 0.05) is 16.4 Å². The number of carbonyl (C=O) groups is 1. The van der Waals surface area contributed by atoms with Crippen LogP contribution in [0.25, 0.3) is 10.9 Å². The fourth-order valence-electron chi connectivity index (χ4n) is 1.78. The minimum absolute atomic E-state index is 0.123. The van der Waals surface area contributed by atoms with Crippen molar-refractivity contribution in [3.8, 4) is 0 Å². The van der Waals surface area contributed by atoms with E-state index in [-0.39, 0.29) is 16.5 Å². The van der Waals surface area contributed by atoms with Gasteiger partial charge in [0.05, 0.1) is 11.1 Å². The van der Waals surface area contributed by atoms with E-state index in [2.05, 4.69) is 4.98 Å². The Bertz CT molecular complexity index is 665. The Morgan fingerprint density at radius 1 is 1.44 bits per heavy atom. The normalized spacial score (nSPS) is 10.8. The molecule has 0 unspecified atom stereocenters. The lowest BCUT2D eigenvalue weighted by Crippen LogP contribution is -2.06. The second-order valence-corrected chi connectivity index (χ2v) is 3.58. The van der Waals surface area contributed by atoms with E-state index in [9.17, 15) is 23.7 Å². The van der Waals surface area contributed by atoms with Gasteiger partial charge in [0.2, 0.25) is 6.54 Å². The molecule has 0 bridgehead atoms. The molecule has 0 radical (unpaired) electrons. The van der Waals surface area contributed by atoms with E-state index in [0.717, 1.165) is 6.07 Å². The van der Waals surface area contributed by atoms with Crippen molar-refractivity contribution in [2.75, 3.05) is 0 Å². The highest BCUT2D eigenvalue weighted by Gasteiger charge is 2.23. The summed E-state index contributed by atoms with van der Waals surface area (Å²) in [6, 6.07) is 1.43. The van der Waals surface area contributed by atoms with Crippen molar-refractivity contribution >= 4 is 16.9 Å². The number of carboxylic acids is 1. The van der Waals surface area contributed by atoms with Crippen LogP contribution in [0, 0.1) is 21.7 Å². The maximum absolute atomic E-state index is 13.6. The first-order chi connectivity index (χ1) is 8.40. The van der Waals surface area contributed by atoms with Crippen LogP contribution in [0.4, 0.5) is 8.78 Å². The molecule has 0 aliphatic heterocycles. The van der Waals surface area contributed by atoms with Crippen LogP contribution in [0.3, 0.4) is 0 Å². The number of aromatic nitrogens is 1. The SMILES string of the molecule is O=C(O)c1[nH]c2cc(F)cc(F)c2c1C[N+](=O)[O-]. The minimum Gasteiger partial charge on any atom is -0.477 e. The standard InChI is InChI=1S/C10H6F2N2O4/c11-4-1-6(12)8-5(3-14(17)18)9(10(15)16)13-7(8)2-4/h1-2,13H,3H2,(H,15,16). The number of nitro groups is 1. The first-order valence-corrected chi connectivity index (χ1v) is 4.75. The Kier molecular flexibility index (Phi) is 2.70. The first-order valence-electron chi connectivity index (χ1n) is 4.75. The third kappa shape index (κ3) is 1.88. The zero-order chi connectivity index (χ0) is 13.4. The summed E-state index contributed by atoms with van der Waals surface area (Å²) in [4.78, 5) is 22.9. The summed E-state index contributed by atoms with van der Waals surface area (Å²) >= 11 is 0. The van der Waals surface area contributed by atoms with Crippen molar-refractivity contribution in [3.05, 3.63) is 45.1 Å². The largest absolute Gasteiger partial charge is 0.477 e. The molecule has 8 heteroatoms. The third-order valence-electron chi connectivity index (χ3n) is 2.42. The Morgan fingerprint density at radius 2 is 2.11 bits per heavy atom. The Hall–Kier alpha value is -2.51. The van der Waals surface area contributed by atoms with Gasteiger partial charge in [0.25, 0.3) is 0 Å². The summed E-state index contributed by atoms with van der Waals surface area (Å²) in [6.45, 7) is -0.857. The summed E-state index contributed by atoms with van der Waals surface area (Å²) in [6.07, 6.45) is 0. The number of benzene rings is 1. The second-order valence-electron chi connectivity index (χ2n) is 3.58. The lowest BCUT2D eigenvalue weighted by molar-refractivity contribution is -0.496. The van der Waals surface area contributed by atoms with Gasteiger partial charge in [0.1, 0.15) is 17.3 Å². The van der Waals surface area contributed by atoms with Gasteiger partial charge in [-0.25, -0.2) is 13.6 Å². The van der Waals surface area contributed by atoms with Crippen LogP contribution in [-0.4, -0.2) is 21.0 Å². The van der Waals surface area contributed by atoms with E-state index in [4.69, 9.17) is 5.11 Å². The highest BCUT2D eigenvalue weighted by atomic mass is 19.1. The molecule has 0 spiro atoms. The average molecular weight is 256 g/mol. The molecule has 18 heavy (non-hydrogen) atoms. The lowest BCUT2D eigenvalue weighted by atomic mass is 10.1. The molecule has 94 valence electrons. The van der Waals surface area contributed by atoms with Crippen molar-refractivity contribution in [1.29, 1.82) is 0 Å². The van der Waals surface area contributed by atoms with Crippen LogP contribution >= 0.6 is 0 Å². The molecule has 0 fully saturated rings. The molecule has 0 saturated carbocycles. The van der Waals surface area contributed by atoms with Crippen molar-refractivity contribution in [2.45, 2.75) is 6.54 Å². The highest BCUT2D eigenvalue weighted by Crippen LogP contribution is 2.27. The first kappa shape index (κ1) is 12.0. The van der Waals surface area contributed by atoms with E-state index < -0.39 is 34.8 Å². The summed E-state index contributed by atoms with van der Waals surface area (Å²) in [5.41, 5.74) is -0.937.